The molecule has 0 radical (unpaired) electrons. The van der Waals surface area contributed by atoms with E-state index >= 15 is 0 Å². The lowest BCUT2D eigenvalue weighted by atomic mass is 10.9. The van der Waals surface area contributed by atoms with E-state index in [4.69, 9.17) is 18.0 Å². The van der Waals surface area contributed by atoms with Gasteiger partial charge < -0.3 is 5.73 Å². The summed E-state index contributed by atoms with van der Waals surface area (Å²) in [6.07, 6.45) is 0. The van der Waals surface area contributed by atoms with E-state index in [2.05, 4.69) is 14.6 Å². The van der Waals surface area contributed by atoms with E-state index in [-0.39, 0.29) is 0 Å². The van der Waals surface area contributed by atoms with Crippen LogP contribution in [0.25, 0.3) is 0 Å². The van der Waals surface area contributed by atoms with Gasteiger partial charge in [0.15, 0.2) is 9.31 Å². The summed E-state index contributed by atoms with van der Waals surface area (Å²) in [5.41, 5.74) is 4.78. The second kappa shape index (κ2) is 2.76. The minimum atomic E-state index is -0.740. The van der Waals surface area contributed by atoms with Crippen molar-refractivity contribution in [3.8, 4) is 0 Å². The summed E-state index contributed by atoms with van der Waals surface area (Å²) >= 11 is 5.85. The van der Waals surface area contributed by atoms with Gasteiger partial charge in [-0.1, -0.05) is 12.2 Å². The lowest BCUT2D eigenvalue weighted by Gasteiger charge is -1.73. The molecule has 10 heavy (non-hydrogen) atoms. The summed E-state index contributed by atoms with van der Waals surface area (Å²) in [4.78, 5) is 13.6. The van der Waals surface area contributed by atoms with Crippen LogP contribution >= 0.6 is 23.8 Å². The minimum absolute atomic E-state index is 0.392. The number of hydrogen-bond donors (Lipinski definition) is 3. The van der Waals surface area contributed by atoms with Crippen LogP contribution in [0.4, 0.5) is 4.79 Å². The van der Waals surface area contributed by atoms with Gasteiger partial charge in [0.05, 0.1) is 0 Å². The quantitative estimate of drug-likeness (QED) is 0.490. The van der Waals surface area contributed by atoms with Gasteiger partial charge in [0.1, 0.15) is 0 Å². The fourth-order valence-corrected chi connectivity index (χ4v) is 1.21. The van der Waals surface area contributed by atoms with Crippen LogP contribution in [-0.4, -0.2) is 15.6 Å². The standard InChI is InChI=1S/C3H4N4OS2/c4-3(8)5-2-1(9)6-7-10-2/h7H,(H2,4,8)(H,6,9)/b5-2-. The molecule has 4 N–H and O–H groups in total. The van der Waals surface area contributed by atoms with Crippen molar-refractivity contribution in [2.24, 2.45) is 10.7 Å². The fraction of sp³-hybridized carbons (Fsp3) is 0. The smallest absolute Gasteiger partial charge is 0.339 e. The van der Waals surface area contributed by atoms with Gasteiger partial charge in [0.2, 0.25) is 0 Å². The van der Waals surface area contributed by atoms with E-state index in [1.807, 2.05) is 0 Å². The summed E-state index contributed by atoms with van der Waals surface area (Å²) in [5, 5.41) is 2.58. The van der Waals surface area contributed by atoms with E-state index in [1.54, 1.807) is 0 Å². The summed E-state index contributed by atoms with van der Waals surface area (Å²) in [5.74, 6) is 0. The van der Waals surface area contributed by atoms with Crippen LogP contribution in [0.3, 0.4) is 0 Å². The van der Waals surface area contributed by atoms with Gasteiger partial charge in [0.25, 0.3) is 0 Å². The first-order valence-corrected chi connectivity index (χ1v) is 3.53. The number of aromatic nitrogens is 2. The number of nitrogens with one attached hydrogen (secondary N) is 2. The van der Waals surface area contributed by atoms with Gasteiger partial charge in [-0.15, -0.1) is 0 Å². The monoisotopic (exact) mass is 176 g/mol. The molecule has 0 aliphatic heterocycles. The number of primary amides is 1. The van der Waals surface area contributed by atoms with Crippen molar-refractivity contribution in [2.75, 3.05) is 0 Å². The number of carbonyl (C=O) groups is 1. The van der Waals surface area contributed by atoms with Crippen LogP contribution in [0.1, 0.15) is 0 Å². The molecule has 1 aromatic rings. The Morgan fingerprint density at radius 2 is 2.50 bits per heavy atom. The third kappa shape index (κ3) is 1.52. The van der Waals surface area contributed by atoms with E-state index in [9.17, 15) is 4.79 Å². The molecule has 5 nitrogen and oxygen atoms in total. The molecular formula is C3H4N4OS2. The molecule has 0 saturated heterocycles. The topological polar surface area (TPSA) is 87.0 Å². The molecular weight excluding hydrogens is 172 g/mol. The Balaban J connectivity index is 3.29. The largest absolute Gasteiger partial charge is 0.350 e. The van der Waals surface area contributed by atoms with Gasteiger partial charge in [-0.2, -0.15) is 4.99 Å². The Labute approximate surface area is 64.7 Å². The average Bonchev–Trinajstić information content (AvgIpc) is 2.15. The van der Waals surface area contributed by atoms with Gasteiger partial charge in [-0.3, -0.25) is 9.59 Å². The Morgan fingerprint density at radius 1 is 1.80 bits per heavy atom. The first-order valence-electron chi connectivity index (χ1n) is 2.30. The van der Waals surface area contributed by atoms with Gasteiger partial charge >= 0.3 is 6.03 Å². The van der Waals surface area contributed by atoms with Crippen molar-refractivity contribution in [2.45, 2.75) is 0 Å². The Bertz CT molecular complexity index is 344. The summed E-state index contributed by atoms with van der Waals surface area (Å²) in [6.45, 7) is 0. The molecule has 1 heterocycles. The molecule has 0 fully saturated rings. The van der Waals surface area contributed by atoms with Crippen LogP contribution in [0, 0.1) is 4.64 Å². The highest BCUT2D eigenvalue weighted by atomic mass is 32.1. The molecule has 2 amide bonds. The average molecular weight is 176 g/mol. The highest BCUT2D eigenvalue weighted by Gasteiger charge is 1.89. The second-order valence-electron chi connectivity index (χ2n) is 1.41. The number of nitrogens with zero attached hydrogens (tertiary/aromatic N) is 1. The number of hydrogen-bond acceptors (Lipinski definition) is 3. The maximum atomic E-state index is 10.2. The lowest BCUT2D eigenvalue weighted by molar-refractivity contribution is 0.256. The molecule has 0 aliphatic carbocycles. The Kier molecular flexibility index (Phi) is 1.97. The van der Waals surface area contributed by atoms with Gasteiger partial charge in [0, 0.05) is 0 Å². The van der Waals surface area contributed by atoms with Crippen molar-refractivity contribution < 1.29 is 4.79 Å². The molecule has 54 valence electrons. The van der Waals surface area contributed by atoms with E-state index in [0.717, 1.165) is 11.5 Å². The molecule has 0 spiro atoms. The lowest BCUT2D eigenvalue weighted by Crippen LogP contribution is -2.09. The first kappa shape index (κ1) is 7.16. The molecule has 0 aromatic carbocycles. The predicted molar refractivity (Wildman–Crippen MR) is 39.0 cm³/mol. The normalized spacial score (nSPS) is 11.8. The maximum absolute atomic E-state index is 10.2. The summed E-state index contributed by atoms with van der Waals surface area (Å²) in [7, 11) is 0. The van der Waals surface area contributed by atoms with E-state index < -0.39 is 6.03 Å². The zero-order valence-electron chi connectivity index (χ0n) is 4.75. The van der Waals surface area contributed by atoms with Crippen LogP contribution < -0.4 is 10.4 Å². The van der Waals surface area contributed by atoms with E-state index in [1.165, 1.54) is 0 Å². The fourth-order valence-electron chi connectivity index (χ4n) is 0.394. The highest BCUT2D eigenvalue weighted by molar-refractivity contribution is 7.71. The van der Waals surface area contributed by atoms with Crippen molar-refractivity contribution >= 4 is 29.8 Å². The van der Waals surface area contributed by atoms with E-state index in [0.29, 0.717) is 9.31 Å². The number of amides is 2. The molecule has 0 unspecified atom stereocenters. The number of urea groups is 1. The van der Waals surface area contributed by atoms with Crippen LogP contribution in [-0.2, 0) is 0 Å². The molecule has 0 atom stereocenters. The Hall–Kier alpha value is -0.950. The van der Waals surface area contributed by atoms with Crippen molar-refractivity contribution in [3.05, 3.63) is 9.31 Å². The predicted octanol–water partition coefficient (Wildman–Crippen LogP) is 0.113. The van der Waals surface area contributed by atoms with Crippen molar-refractivity contribution in [1.82, 2.24) is 9.59 Å². The van der Waals surface area contributed by atoms with Crippen molar-refractivity contribution in [3.63, 3.8) is 0 Å². The SMILES string of the molecule is NC(=O)/N=c1\s[nH][nH]c1=S. The second-order valence-corrected chi connectivity index (χ2v) is 2.62. The van der Waals surface area contributed by atoms with Gasteiger partial charge in [-0.05, 0) is 11.5 Å². The molecule has 0 saturated carbocycles. The molecule has 1 aromatic heterocycles. The zero-order chi connectivity index (χ0) is 7.56. The third-order valence-electron chi connectivity index (χ3n) is 0.718. The number of rotatable bonds is 0. The number of H-pyrrole nitrogens is 2. The summed E-state index contributed by atoms with van der Waals surface area (Å²) in [6, 6.07) is -0.740. The molecule has 7 heteroatoms. The van der Waals surface area contributed by atoms with Gasteiger partial charge in [-0.25, -0.2) is 4.79 Å². The molecule has 0 bridgehead atoms. The van der Waals surface area contributed by atoms with Crippen LogP contribution in [0.5, 0.6) is 0 Å². The summed E-state index contributed by atoms with van der Waals surface area (Å²) < 4.78 is 3.41. The number of aromatic amines is 2. The Morgan fingerprint density at radius 3 is 2.90 bits per heavy atom. The van der Waals surface area contributed by atoms with Crippen molar-refractivity contribution in [1.29, 1.82) is 0 Å². The highest BCUT2D eigenvalue weighted by Crippen LogP contribution is 1.78. The number of nitrogens with two attached hydrogens (primary N) is 1. The minimum Gasteiger partial charge on any atom is -0.350 e. The first-order chi connectivity index (χ1) is 4.70. The third-order valence-corrected chi connectivity index (χ3v) is 1.84. The maximum Gasteiger partial charge on any atom is 0.339 e. The zero-order valence-corrected chi connectivity index (χ0v) is 6.38. The molecule has 1 rings (SSSR count). The molecule has 0 aliphatic rings. The van der Waals surface area contributed by atoms with Crippen LogP contribution in [0.2, 0.25) is 0 Å². The number of carbonyl (C=O) groups excluding carboxylic acids is 1. The van der Waals surface area contributed by atoms with Crippen LogP contribution in [0.15, 0.2) is 4.99 Å².